The van der Waals surface area contributed by atoms with Crippen molar-refractivity contribution >= 4 is 5.69 Å². The summed E-state index contributed by atoms with van der Waals surface area (Å²) in [5.41, 5.74) is 6.41. The Bertz CT molecular complexity index is 317. The third-order valence-electron chi connectivity index (χ3n) is 3.20. The lowest BCUT2D eigenvalue weighted by Gasteiger charge is -2.28. The highest BCUT2D eigenvalue weighted by atomic mass is 16.5. The fourth-order valence-corrected chi connectivity index (χ4v) is 2.14. The normalized spacial score (nSPS) is 22.7. The standard InChI is InChI=1S/C13H20N2O/c1-10(11-3-2-8-15-9-11)16-13-6-4-12(14)5-7-13/h4-7,10-11,15H,2-3,8-9,14H2,1H3. The molecular weight excluding hydrogens is 200 g/mol. The van der Waals surface area contributed by atoms with Crippen molar-refractivity contribution in [3.05, 3.63) is 24.3 Å². The first kappa shape index (κ1) is 11.3. The number of hydrogen-bond acceptors (Lipinski definition) is 3. The zero-order chi connectivity index (χ0) is 11.4. The van der Waals surface area contributed by atoms with Gasteiger partial charge in [-0.2, -0.15) is 0 Å². The summed E-state index contributed by atoms with van der Waals surface area (Å²) in [6, 6.07) is 7.62. The van der Waals surface area contributed by atoms with Crippen molar-refractivity contribution in [3.63, 3.8) is 0 Å². The molecule has 1 fully saturated rings. The van der Waals surface area contributed by atoms with E-state index in [0.717, 1.165) is 24.5 Å². The smallest absolute Gasteiger partial charge is 0.119 e. The second-order valence-electron chi connectivity index (χ2n) is 4.50. The van der Waals surface area contributed by atoms with Crippen molar-refractivity contribution in [2.75, 3.05) is 18.8 Å². The quantitative estimate of drug-likeness (QED) is 0.766. The first-order valence-electron chi connectivity index (χ1n) is 5.98. The molecule has 3 heteroatoms. The molecule has 0 radical (unpaired) electrons. The Hall–Kier alpha value is -1.22. The number of rotatable bonds is 3. The molecule has 1 saturated heterocycles. The van der Waals surface area contributed by atoms with Crippen molar-refractivity contribution in [2.24, 2.45) is 5.92 Å². The van der Waals surface area contributed by atoms with E-state index in [0.29, 0.717) is 5.92 Å². The minimum atomic E-state index is 0.261. The highest BCUT2D eigenvalue weighted by molar-refractivity contribution is 5.41. The van der Waals surface area contributed by atoms with Gasteiger partial charge in [-0.15, -0.1) is 0 Å². The van der Waals surface area contributed by atoms with Gasteiger partial charge < -0.3 is 15.8 Å². The van der Waals surface area contributed by atoms with Crippen LogP contribution in [0.3, 0.4) is 0 Å². The molecule has 0 saturated carbocycles. The van der Waals surface area contributed by atoms with E-state index in [1.54, 1.807) is 0 Å². The van der Waals surface area contributed by atoms with Crippen molar-refractivity contribution < 1.29 is 4.74 Å². The van der Waals surface area contributed by atoms with Crippen LogP contribution in [0.15, 0.2) is 24.3 Å². The maximum absolute atomic E-state index is 5.91. The number of nitrogens with two attached hydrogens (primary N) is 1. The third kappa shape index (κ3) is 2.89. The predicted octanol–water partition coefficient (Wildman–Crippen LogP) is 2.04. The van der Waals surface area contributed by atoms with Gasteiger partial charge in [0.2, 0.25) is 0 Å². The van der Waals surface area contributed by atoms with E-state index >= 15 is 0 Å². The molecule has 0 aliphatic carbocycles. The maximum Gasteiger partial charge on any atom is 0.119 e. The summed E-state index contributed by atoms with van der Waals surface area (Å²) in [4.78, 5) is 0. The Balaban J connectivity index is 1.90. The molecule has 16 heavy (non-hydrogen) atoms. The van der Waals surface area contributed by atoms with E-state index in [4.69, 9.17) is 10.5 Å². The molecule has 3 nitrogen and oxygen atoms in total. The van der Waals surface area contributed by atoms with Crippen LogP contribution in [-0.4, -0.2) is 19.2 Å². The van der Waals surface area contributed by atoms with Crippen LogP contribution in [0.5, 0.6) is 5.75 Å². The summed E-state index contributed by atoms with van der Waals surface area (Å²) in [6.45, 7) is 4.36. The molecule has 1 aromatic carbocycles. The van der Waals surface area contributed by atoms with Gasteiger partial charge in [-0.25, -0.2) is 0 Å². The summed E-state index contributed by atoms with van der Waals surface area (Å²) in [5, 5.41) is 3.41. The average Bonchev–Trinajstić information content (AvgIpc) is 2.33. The topological polar surface area (TPSA) is 47.3 Å². The molecule has 0 amide bonds. The number of nitrogens with one attached hydrogen (secondary N) is 1. The molecule has 0 aromatic heterocycles. The number of piperidine rings is 1. The van der Waals surface area contributed by atoms with E-state index in [2.05, 4.69) is 12.2 Å². The first-order chi connectivity index (χ1) is 7.75. The molecular formula is C13H20N2O. The van der Waals surface area contributed by atoms with Crippen LogP contribution in [0.25, 0.3) is 0 Å². The molecule has 2 unspecified atom stereocenters. The lowest BCUT2D eigenvalue weighted by Crippen LogP contribution is -2.37. The molecule has 0 spiro atoms. The van der Waals surface area contributed by atoms with Crippen LogP contribution >= 0.6 is 0 Å². The van der Waals surface area contributed by atoms with Gasteiger partial charge >= 0.3 is 0 Å². The van der Waals surface area contributed by atoms with E-state index in [9.17, 15) is 0 Å². The van der Waals surface area contributed by atoms with Gasteiger partial charge in [0.15, 0.2) is 0 Å². The van der Waals surface area contributed by atoms with Gasteiger partial charge in [0.1, 0.15) is 5.75 Å². The molecule has 1 aliphatic rings. The van der Waals surface area contributed by atoms with Crippen molar-refractivity contribution in [1.29, 1.82) is 0 Å². The zero-order valence-corrected chi connectivity index (χ0v) is 9.78. The summed E-state index contributed by atoms with van der Waals surface area (Å²) in [6.07, 6.45) is 2.76. The Kier molecular flexibility index (Phi) is 3.67. The second kappa shape index (κ2) is 5.21. The van der Waals surface area contributed by atoms with E-state index in [1.165, 1.54) is 12.8 Å². The molecule has 2 rings (SSSR count). The number of benzene rings is 1. The number of anilines is 1. The van der Waals surface area contributed by atoms with Crippen LogP contribution in [0.2, 0.25) is 0 Å². The number of nitrogen functional groups attached to an aromatic ring is 1. The Morgan fingerprint density at radius 3 is 2.75 bits per heavy atom. The number of ether oxygens (including phenoxy) is 1. The van der Waals surface area contributed by atoms with Crippen LogP contribution in [0, 0.1) is 5.92 Å². The third-order valence-corrected chi connectivity index (χ3v) is 3.20. The fourth-order valence-electron chi connectivity index (χ4n) is 2.14. The highest BCUT2D eigenvalue weighted by Crippen LogP contribution is 2.21. The monoisotopic (exact) mass is 220 g/mol. The van der Waals surface area contributed by atoms with Crippen LogP contribution in [-0.2, 0) is 0 Å². The van der Waals surface area contributed by atoms with E-state index in [-0.39, 0.29) is 6.10 Å². The summed E-state index contributed by atoms with van der Waals surface area (Å²) in [7, 11) is 0. The molecule has 88 valence electrons. The van der Waals surface area contributed by atoms with Crippen molar-refractivity contribution in [1.82, 2.24) is 5.32 Å². The minimum absolute atomic E-state index is 0.261. The van der Waals surface area contributed by atoms with Crippen molar-refractivity contribution in [3.8, 4) is 5.75 Å². The molecule has 1 heterocycles. The Morgan fingerprint density at radius 2 is 2.12 bits per heavy atom. The average molecular weight is 220 g/mol. The first-order valence-corrected chi connectivity index (χ1v) is 5.98. The largest absolute Gasteiger partial charge is 0.490 e. The summed E-state index contributed by atoms with van der Waals surface area (Å²) < 4.78 is 5.91. The molecule has 0 bridgehead atoms. The van der Waals surface area contributed by atoms with Crippen LogP contribution in [0.4, 0.5) is 5.69 Å². The van der Waals surface area contributed by atoms with Crippen LogP contribution < -0.4 is 15.8 Å². The van der Waals surface area contributed by atoms with E-state index < -0.39 is 0 Å². The molecule has 2 atom stereocenters. The maximum atomic E-state index is 5.91. The van der Waals surface area contributed by atoms with Gasteiger partial charge in [-0.1, -0.05) is 0 Å². The SMILES string of the molecule is CC(Oc1ccc(N)cc1)C1CCCNC1. The second-order valence-corrected chi connectivity index (χ2v) is 4.50. The zero-order valence-electron chi connectivity index (χ0n) is 9.78. The highest BCUT2D eigenvalue weighted by Gasteiger charge is 2.20. The lowest BCUT2D eigenvalue weighted by molar-refractivity contribution is 0.131. The lowest BCUT2D eigenvalue weighted by atomic mass is 9.95. The minimum Gasteiger partial charge on any atom is -0.490 e. The Morgan fingerprint density at radius 1 is 1.38 bits per heavy atom. The van der Waals surface area contributed by atoms with Gasteiger partial charge in [-0.05, 0) is 50.6 Å². The van der Waals surface area contributed by atoms with Gasteiger partial charge in [-0.3, -0.25) is 0 Å². The van der Waals surface area contributed by atoms with E-state index in [1.807, 2.05) is 24.3 Å². The molecule has 1 aliphatic heterocycles. The molecule has 1 aromatic rings. The van der Waals surface area contributed by atoms with Gasteiger partial charge in [0, 0.05) is 18.2 Å². The van der Waals surface area contributed by atoms with Gasteiger partial charge in [0.25, 0.3) is 0 Å². The van der Waals surface area contributed by atoms with Crippen molar-refractivity contribution in [2.45, 2.75) is 25.9 Å². The van der Waals surface area contributed by atoms with Crippen LogP contribution in [0.1, 0.15) is 19.8 Å². The number of hydrogen-bond donors (Lipinski definition) is 2. The Labute approximate surface area is 97.0 Å². The molecule has 3 N–H and O–H groups in total. The fraction of sp³-hybridized carbons (Fsp3) is 0.538. The predicted molar refractivity (Wildman–Crippen MR) is 66.5 cm³/mol. The van der Waals surface area contributed by atoms with Gasteiger partial charge in [0.05, 0.1) is 6.10 Å². The summed E-state index contributed by atoms with van der Waals surface area (Å²) in [5.74, 6) is 1.53. The summed E-state index contributed by atoms with van der Waals surface area (Å²) >= 11 is 0.